The van der Waals surface area contributed by atoms with E-state index in [1.165, 1.54) is 0 Å². The summed E-state index contributed by atoms with van der Waals surface area (Å²) in [4.78, 5) is 0. The van der Waals surface area contributed by atoms with Gasteiger partial charge in [-0.05, 0) is 36.8 Å². The van der Waals surface area contributed by atoms with E-state index in [4.69, 9.17) is 16.9 Å². The van der Waals surface area contributed by atoms with Gasteiger partial charge in [0.25, 0.3) is 0 Å². The van der Waals surface area contributed by atoms with Crippen LogP contribution in [0.1, 0.15) is 24.1 Å². The van der Waals surface area contributed by atoms with Gasteiger partial charge in [0, 0.05) is 10.5 Å². The van der Waals surface area contributed by atoms with E-state index in [0.717, 1.165) is 15.7 Å². The van der Waals surface area contributed by atoms with Crippen molar-refractivity contribution in [2.75, 3.05) is 5.32 Å². The van der Waals surface area contributed by atoms with Gasteiger partial charge in [0.1, 0.15) is 0 Å². The molecule has 0 heterocycles. The first-order valence-electron chi connectivity index (χ1n) is 5.82. The first-order valence-corrected chi connectivity index (χ1v) is 6.99. The molecule has 0 bridgehead atoms. The highest BCUT2D eigenvalue weighted by atomic mass is 79.9. The van der Waals surface area contributed by atoms with Crippen LogP contribution >= 0.6 is 27.5 Å². The number of nitrogens with zero attached hydrogens (tertiary/aromatic N) is 1. The lowest BCUT2D eigenvalue weighted by molar-refractivity contribution is 0.879. The summed E-state index contributed by atoms with van der Waals surface area (Å²) in [6, 6.07) is 15.5. The van der Waals surface area contributed by atoms with Gasteiger partial charge in [-0.25, -0.2) is 0 Å². The van der Waals surface area contributed by atoms with Crippen LogP contribution in [0.3, 0.4) is 0 Å². The smallest absolute Gasteiger partial charge is 0.0992 e. The minimum Gasteiger partial charge on any atom is -0.377 e. The van der Waals surface area contributed by atoms with E-state index in [2.05, 4.69) is 40.3 Å². The molecule has 1 N–H and O–H groups in total. The number of anilines is 1. The molecule has 0 saturated carbocycles. The first kappa shape index (κ1) is 13.9. The lowest BCUT2D eigenvalue weighted by Crippen LogP contribution is -2.07. The van der Waals surface area contributed by atoms with E-state index in [9.17, 15) is 0 Å². The van der Waals surface area contributed by atoms with Crippen molar-refractivity contribution in [2.24, 2.45) is 0 Å². The van der Waals surface area contributed by atoms with Gasteiger partial charge in [-0.15, -0.1) is 0 Å². The zero-order valence-electron chi connectivity index (χ0n) is 10.3. The first-order chi connectivity index (χ1) is 9.11. The Balaban J connectivity index is 2.22. The lowest BCUT2D eigenvalue weighted by Gasteiger charge is -2.18. The summed E-state index contributed by atoms with van der Waals surface area (Å²) in [5, 5.41) is 12.7. The van der Waals surface area contributed by atoms with Crippen molar-refractivity contribution in [3.05, 3.63) is 63.1 Å². The maximum atomic E-state index is 8.81. The highest BCUT2D eigenvalue weighted by Crippen LogP contribution is 2.29. The molecule has 0 fully saturated rings. The third-order valence-corrected chi connectivity index (χ3v) is 3.88. The summed E-state index contributed by atoms with van der Waals surface area (Å²) in [5.74, 6) is 0. The van der Waals surface area contributed by atoms with Crippen LogP contribution in [-0.4, -0.2) is 0 Å². The second-order valence-electron chi connectivity index (χ2n) is 4.19. The summed E-state index contributed by atoms with van der Waals surface area (Å²) in [7, 11) is 0. The Morgan fingerprint density at radius 1 is 1.26 bits per heavy atom. The predicted octanol–water partition coefficient (Wildman–Crippen LogP) is 5.15. The molecule has 2 aromatic rings. The fourth-order valence-electron chi connectivity index (χ4n) is 1.84. The average Bonchev–Trinajstić information content (AvgIpc) is 2.41. The number of nitrogens with one attached hydrogen (secondary N) is 1. The summed E-state index contributed by atoms with van der Waals surface area (Å²) in [6.45, 7) is 2.06. The average molecular weight is 336 g/mol. The van der Waals surface area contributed by atoms with Crippen molar-refractivity contribution in [1.29, 1.82) is 5.26 Å². The van der Waals surface area contributed by atoms with Gasteiger partial charge in [0.05, 0.1) is 22.3 Å². The molecule has 2 rings (SSSR count). The van der Waals surface area contributed by atoms with E-state index < -0.39 is 0 Å². The van der Waals surface area contributed by atoms with Crippen LogP contribution in [-0.2, 0) is 0 Å². The summed E-state index contributed by atoms with van der Waals surface area (Å²) >= 11 is 9.69. The van der Waals surface area contributed by atoms with Crippen LogP contribution < -0.4 is 5.32 Å². The second-order valence-corrected chi connectivity index (χ2v) is 5.46. The van der Waals surface area contributed by atoms with E-state index in [-0.39, 0.29) is 6.04 Å². The van der Waals surface area contributed by atoms with Crippen LogP contribution in [0.5, 0.6) is 0 Å². The largest absolute Gasteiger partial charge is 0.377 e. The fourth-order valence-corrected chi connectivity index (χ4v) is 2.70. The molecular formula is C15H12BrClN2. The Kier molecular flexibility index (Phi) is 4.47. The topological polar surface area (TPSA) is 35.8 Å². The predicted molar refractivity (Wildman–Crippen MR) is 82.3 cm³/mol. The number of nitriles is 1. The van der Waals surface area contributed by atoms with E-state index in [0.29, 0.717) is 10.6 Å². The number of benzene rings is 2. The molecule has 0 aliphatic rings. The number of halogens is 2. The SMILES string of the molecule is CC(Nc1ccc(C#N)cc1Cl)c1ccccc1Br. The van der Waals surface area contributed by atoms with Crippen LogP contribution in [0.2, 0.25) is 5.02 Å². The molecule has 0 aliphatic heterocycles. The second kappa shape index (κ2) is 6.10. The summed E-state index contributed by atoms with van der Waals surface area (Å²) in [5.41, 5.74) is 2.54. The quantitative estimate of drug-likeness (QED) is 0.842. The Labute approximate surface area is 126 Å². The van der Waals surface area contributed by atoms with Crippen molar-refractivity contribution >= 4 is 33.2 Å². The maximum Gasteiger partial charge on any atom is 0.0992 e. The highest BCUT2D eigenvalue weighted by Gasteiger charge is 2.10. The lowest BCUT2D eigenvalue weighted by atomic mass is 10.1. The summed E-state index contributed by atoms with van der Waals surface area (Å²) in [6.07, 6.45) is 0. The van der Waals surface area contributed by atoms with Crippen LogP contribution in [0.4, 0.5) is 5.69 Å². The molecule has 4 heteroatoms. The van der Waals surface area contributed by atoms with Crippen molar-refractivity contribution in [3.8, 4) is 6.07 Å². The molecule has 0 radical (unpaired) electrons. The van der Waals surface area contributed by atoms with Crippen LogP contribution in [0, 0.1) is 11.3 Å². The number of rotatable bonds is 3. The third kappa shape index (κ3) is 3.28. The zero-order chi connectivity index (χ0) is 13.8. The van der Waals surface area contributed by atoms with E-state index >= 15 is 0 Å². The Hall–Kier alpha value is -1.50. The molecule has 0 aromatic heterocycles. The third-order valence-electron chi connectivity index (χ3n) is 2.84. The Morgan fingerprint density at radius 3 is 2.63 bits per heavy atom. The molecule has 1 atom stereocenters. The molecule has 0 aliphatic carbocycles. The van der Waals surface area contributed by atoms with E-state index in [1.54, 1.807) is 12.1 Å². The van der Waals surface area contributed by atoms with Gasteiger partial charge in [-0.3, -0.25) is 0 Å². The van der Waals surface area contributed by atoms with Gasteiger partial charge in [-0.2, -0.15) is 5.26 Å². The van der Waals surface area contributed by atoms with Crippen molar-refractivity contribution in [3.63, 3.8) is 0 Å². The molecule has 96 valence electrons. The molecule has 1 unspecified atom stereocenters. The number of hydrogen-bond acceptors (Lipinski definition) is 2. The monoisotopic (exact) mass is 334 g/mol. The van der Waals surface area contributed by atoms with Gasteiger partial charge in [0.15, 0.2) is 0 Å². The molecule has 0 spiro atoms. The van der Waals surface area contributed by atoms with Crippen LogP contribution in [0.15, 0.2) is 46.9 Å². The molecule has 2 nitrogen and oxygen atoms in total. The fraction of sp³-hybridized carbons (Fsp3) is 0.133. The molecule has 0 saturated heterocycles. The van der Waals surface area contributed by atoms with Crippen molar-refractivity contribution < 1.29 is 0 Å². The molecule has 2 aromatic carbocycles. The van der Waals surface area contributed by atoms with Gasteiger partial charge < -0.3 is 5.32 Å². The highest BCUT2D eigenvalue weighted by molar-refractivity contribution is 9.10. The van der Waals surface area contributed by atoms with Gasteiger partial charge in [0.2, 0.25) is 0 Å². The Morgan fingerprint density at radius 2 is 2.00 bits per heavy atom. The minimum atomic E-state index is 0.112. The Bertz CT molecular complexity index is 634. The number of hydrogen-bond donors (Lipinski definition) is 1. The van der Waals surface area contributed by atoms with Crippen LogP contribution in [0.25, 0.3) is 0 Å². The summed E-state index contributed by atoms with van der Waals surface area (Å²) < 4.78 is 1.06. The maximum absolute atomic E-state index is 8.81. The van der Waals surface area contributed by atoms with E-state index in [1.807, 2.05) is 24.3 Å². The molecule has 0 amide bonds. The minimum absolute atomic E-state index is 0.112. The zero-order valence-corrected chi connectivity index (χ0v) is 12.7. The molecule has 19 heavy (non-hydrogen) atoms. The van der Waals surface area contributed by atoms with Crippen molar-refractivity contribution in [2.45, 2.75) is 13.0 Å². The molecular weight excluding hydrogens is 324 g/mol. The standard InChI is InChI=1S/C15H12BrClN2/c1-10(12-4-2-3-5-13(12)16)19-15-7-6-11(9-18)8-14(15)17/h2-8,10,19H,1H3. The normalized spacial score (nSPS) is 11.7. The van der Waals surface area contributed by atoms with Crippen molar-refractivity contribution in [1.82, 2.24) is 0 Å². The van der Waals surface area contributed by atoms with Gasteiger partial charge >= 0.3 is 0 Å². The van der Waals surface area contributed by atoms with Gasteiger partial charge in [-0.1, -0.05) is 45.7 Å².